The van der Waals surface area contributed by atoms with Gasteiger partial charge in [-0.15, -0.1) is 0 Å². The van der Waals surface area contributed by atoms with Crippen molar-refractivity contribution >= 4 is 15.9 Å². The molecule has 0 bridgehead atoms. The lowest BCUT2D eigenvalue weighted by Crippen LogP contribution is -2.24. The molecule has 3 rings (SSSR count). The van der Waals surface area contributed by atoms with E-state index >= 15 is 0 Å². The van der Waals surface area contributed by atoms with Gasteiger partial charge in [0.15, 0.2) is 0 Å². The van der Waals surface area contributed by atoms with Crippen molar-refractivity contribution in [2.75, 3.05) is 0 Å². The molecule has 1 aliphatic rings. The van der Waals surface area contributed by atoms with Gasteiger partial charge in [0, 0.05) is 5.92 Å². The van der Waals surface area contributed by atoms with Crippen LogP contribution in [0.5, 0.6) is 0 Å². The molecule has 1 unspecified atom stereocenters. The normalized spacial score (nSPS) is 17.4. The summed E-state index contributed by atoms with van der Waals surface area (Å²) >= 11 is 3.23. The number of rotatable bonds is 1. The van der Waals surface area contributed by atoms with Crippen LogP contribution in [-0.4, -0.2) is 9.97 Å². The van der Waals surface area contributed by atoms with E-state index in [2.05, 4.69) is 38.0 Å². The third kappa shape index (κ3) is 1.63. The average Bonchev–Trinajstić information content (AvgIpc) is 2.27. The monoisotopic (exact) mass is 290 g/mol. The molecule has 0 fully saturated rings. The van der Waals surface area contributed by atoms with Crippen LogP contribution in [0.2, 0.25) is 0 Å². The fraction of sp³-hybridized carbons (Fsp3) is 0.231. The second-order valence-corrected chi connectivity index (χ2v) is 5.10. The predicted octanol–water partition coefficient (Wildman–Crippen LogP) is 2.53. The molecule has 1 aliphatic carbocycles. The molecule has 1 aromatic heterocycles. The number of nitrogens with one attached hydrogen (secondary N) is 1. The van der Waals surface area contributed by atoms with Crippen LogP contribution in [0.25, 0.3) is 0 Å². The standard InChI is InChI=1S/C13H11BrN2O/c1-7-11(14)13(17)16-12(15-7)10-6-8-4-2-3-5-9(8)10/h2-5,10H,6H2,1H3,(H,15,16,17). The first kappa shape index (κ1) is 10.7. The van der Waals surface area contributed by atoms with E-state index in [1.54, 1.807) is 0 Å². The second kappa shape index (κ2) is 3.81. The highest BCUT2D eigenvalue weighted by Gasteiger charge is 2.29. The highest BCUT2D eigenvalue weighted by molar-refractivity contribution is 9.10. The highest BCUT2D eigenvalue weighted by Crippen LogP contribution is 2.38. The molecule has 1 heterocycles. The zero-order valence-electron chi connectivity index (χ0n) is 9.33. The van der Waals surface area contributed by atoms with Crippen LogP contribution in [0.1, 0.15) is 28.6 Å². The van der Waals surface area contributed by atoms with Crippen molar-refractivity contribution in [3.05, 3.63) is 61.7 Å². The molecule has 1 aromatic carbocycles. The van der Waals surface area contributed by atoms with Gasteiger partial charge in [-0.05, 0) is 40.4 Å². The first-order chi connectivity index (χ1) is 8.16. The molecule has 1 N–H and O–H groups in total. The molecule has 3 nitrogen and oxygen atoms in total. The van der Waals surface area contributed by atoms with Crippen molar-refractivity contribution in [3.63, 3.8) is 0 Å². The maximum Gasteiger partial charge on any atom is 0.265 e. The Labute approximate surface area is 107 Å². The van der Waals surface area contributed by atoms with Gasteiger partial charge in [-0.1, -0.05) is 24.3 Å². The zero-order chi connectivity index (χ0) is 12.0. The summed E-state index contributed by atoms with van der Waals surface area (Å²) in [6.07, 6.45) is 0.959. The SMILES string of the molecule is Cc1nc(C2Cc3ccccc32)[nH]c(=O)c1Br. The van der Waals surface area contributed by atoms with Gasteiger partial charge < -0.3 is 4.98 Å². The van der Waals surface area contributed by atoms with Crippen molar-refractivity contribution in [3.8, 4) is 0 Å². The average molecular weight is 291 g/mol. The summed E-state index contributed by atoms with van der Waals surface area (Å²) in [5.41, 5.74) is 3.27. The number of halogens is 1. The number of hydrogen-bond acceptors (Lipinski definition) is 2. The summed E-state index contributed by atoms with van der Waals surface area (Å²) in [4.78, 5) is 19.0. The molecule has 86 valence electrons. The van der Waals surface area contributed by atoms with E-state index in [1.807, 2.05) is 19.1 Å². The van der Waals surface area contributed by atoms with Crippen molar-refractivity contribution in [2.45, 2.75) is 19.3 Å². The maximum absolute atomic E-state index is 11.7. The van der Waals surface area contributed by atoms with Crippen LogP contribution >= 0.6 is 15.9 Å². The minimum absolute atomic E-state index is 0.100. The van der Waals surface area contributed by atoms with Gasteiger partial charge >= 0.3 is 0 Å². The first-order valence-corrected chi connectivity index (χ1v) is 6.30. The summed E-state index contributed by atoms with van der Waals surface area (Å²) in [7, 11) is 0. The van der Waals surface area contributed by atoms with Crippen LogP contribution in [0.4, 0.5) is 0 Å². The number of aromatic amines is 1. The molecular weight excluding hydrogens is 280 g/mol. The predicted molar refractivity (Wildman–Crippen MR) is 69.3 cm³/mol. The number of fused-ring (bicyclic) bond motifs is 1. The summed E-state index contributed by atoms with van der Waals surface area (Å²) < 4.78 is 0.522. The van der Waals surface area contributed by atoms with E-state index < -0.39 is 0 Å². The van der Waals surface area contributed by atoms with E-state index in [9.17, 15) is 4.79 Å². The molecule has 0 saturated heterocycles. The van der Waals surface area contributed by atoms with Crippen LogP contribution < -0.4 is 5.56 Å². The van der Waals surface area contributed by atoms with Crippen molar-refractivity contribution < 1.29 is 0 Å². The molecule has 1 atom stereocenters. The van der Waals surface area contributed by atoms with Crippen LogP contribution in [0, 0.1) is 6.92 Å². The minimum Gasteiger partial charge on any atom is -0.309 e. The quantitative estimate of drug-likeness (QED) is 0.877. The smallest absolute Gasteiger partial charge is 0.265 e. The van der Waals surface area contributed by atoms with Crippen molar-refractivity contribution in [1.29, 1.82) is 0 Å². The Balaban J connectivity index is 2.07. The third-order valence-corrected chi connectivity index (χ3v) is 4.17. The van der Waals surface area contributed by atoms with Gasteiger partial charge in [-0.25, -0.2) is 4.98 Å². The zero-order valence-corrected chi connectivity index (χ0v) is 10.9. The lowest BCUT2D eigenvalue weighted by Gasteiger charge is -2.29. The number of aromatic nitrogens is 2. The van der Waals surface area contributed by atoms with Gasteiger partial charge in [-0.3, -0.25) is 4.79 Å². The fourth-order valence-corrected chi connectivity index (χ4v) is 2.45. The van der Waals surface area contributed by atoms with Gasteiger partial charge in [0.25, 0.3) is 5.56 Å². The Hall–Kier alpha value is -1.42. The molecule has 0 amide bonds. The summed E-state index contributed by atoms with van der Waals surface area (Å²) in [6, 6.07) is 8.28. The lowest BCUT2D eigenvalue weighted by molar-refractivity contribution is 0.651. The molecule has 17 heavy (non-hydrogen) atoms. The number of aryl methyl sites for hydroxylation is 1. The second-order valence-electron chi connectivity index (χ2n) is 4.31. The molecular formula is C13H11BrN2O. The maximum atomic E-state index is 11.7. The fourth-order valence-electron chi connectivity index (χ4n) is 2.26. The van der Waals surface area contributed by atoms with E-state index in [4.69, 9.17) is 0 Å². The van der Waals surface area contributed by atoms with Crippen LogP contribution in [-0.2, 0) is 6.42 Å². The number of H-pyrrole nitrogens is 1. The molecule has 0 spiro atoms. The van der Waals surface area contributed by atoms with Gasteiger partial charge in [0.1, 0.15) is 10.3 Å². The van der Waals surface area contributed by atoms with Gasteiger partial charge in [0.05, 0.1) is 5.69 Å². The Morgan fingerprint density at radius 1 is 1.41 bits per heavy atom. The van der Waals surface area contributed by atoms with Crippen molar-refractivity contribution in [2.24, 2.45) is 0 Å². The van der Waals surface area contributed by atoms with Crippen LogP contribution in [0.15, 0.2) is 33.5 Å². The summed E-state index contributed by atoms with van der Waals surface area (Å²) in [6.45, 7) is 1.84. The van der Waals surface area contributed by atoms with E-state index in [-0.39, 0.29) is 11.5 Å². The van der Waals surface area contributed by atoms with Crippen LogP contribution in [0.3, 0.4) is 0 Å². The summed E-state index contributed by atoms with van der Waals surface area (Å²) in [5, 5.41) is 0. The number of nitrogens with zero attached hydrogens (tertiary/aromatic N) is 1. The van der Waals surface area contributed by atoms with Gasteiger partial charge in [0.2, 0.25) is 0 Å². The van der Waals surface area contributed by atoms with Gasteiger partial charge in [-0.2, -0.15) is 0 Å². The molecule has 2 aromatic rings. The molecule has 0 aliphatic heterocycles. The molecule has 4 heteroatoms. The molecule has 0 radical (unpaired) electrons. The Morgan fingerprint density at radius 2 is 2.18 bits per heavy atom. The lowest BCUT2D eigenvalue weighted by atomic mass is 9.77. The van der Waals surface area contributed by atoms with E-state index in [0.29, 0.717) is 4.47 Å². The largest absolute Gasteiger partial charge is 0.309 e. The van der Waals surface area contributed by atoms with E-state index in [0.717, 1.165) is 17.9 Å². The third-order valence-electron chi connectivity index (χ3n) is 3.23. The Bertz CT molecular complexity index is 648. The Morgan fingerprint density at radius 3 is 2.88 bits per heavy atom. The number of hydrogen-bond donors (Lipinski definition) is 1. The highest BCUT2D eigenvalue weighted by atomic mass is 79.9. The minimum atomic E-state index is -0.100. The topological polar surface area (TPSA) is 45.8 Å². The first-order valence-electron chi connectivity index (χ1n) is 5.51. The Kier molecular flexibility index (Phi) is 2.40. The summed E-state index contributed by atoms with van der Waals surface area (Å²) in [5.74, 6) is 1.01. The molecule has 0 saturated carbocycles. The van der Waals surface area contributed by atoms with E-state index in [1.165, 1.54) is 11.1 Å². The van der Waals surface area contributed by atoms with Crippen molar-refractivity contribution in [1.82, 2.24) is 9.97 Å². The number of benzene rings is 1.